The number of likely N-dealkylation sites (tertiary alicyclic amines) is 1. The van der Waals surface area contributed by atoms with E-state index < -0.39 is 12.0 Å². The van der Waals surface area contributed by atoms with Gasteiger partial charge in [-0.15, -0.1) is 0 Å². The van der Waals surface area contributed by atoms with E-state index in [1.807, 2.05) is 13.8 Å². The number of ether oxygens (including phenoxy) is 1. The van der Waals surface area contributed by atoms with Crippen molar-refractivity contribution in [3.8, 4) is 0 Å². The number of hydrogen-bond acceptors (Lipinski definition) is 3. The predicted molar refractivity (Wildman–Crippen MR) is 65.1 cm³/mol. The van der Waals surface area contributed by atoms with E-state index in [4.69, 9.17) is 4.74 Å². The first-order valence-electron chi connectivity index (χ1n) is 6.64. The zero-order valence-electron chi connectivity index (χ0n) is 11.0. The number of amides is 1. The van der Waals surface area contributed by atoms with Crippen molar-refractivity contribution >= 4 is 11.9 Å². The maximum Gasteiger partial charge on any atom is 0.326 e. The minimum absolute atomic E-state index is 0.0130. The Labute approximate surface area is 107 Å². The molecular weight excluding hydrogens is 234 g/mol. The monoisotopic (exact) mass is 255 g/mol. The standard InChI is InChI=1S/C13H21NO4/c1-8(2)18-7-11(15)14-6-9-4-3-5-10(9)12(14)13(16)17/h8-10,12H,3-7H2,1-2H3,(H,16,17). The molecule has 0 spiro atoms. The van der Waals surface area contributed by atoms with Gasteiger partial charge in [0.2, 0.25) is 5.91 Å². The maximum atomic E-state index is 12.0. The van der Waals surface area contributed by atoms with Gasteiger partial charge in [-0.2, -0.15) is 0 Å². The number of nitrogens with zero attached hydrogens (tertiary/aromatic N) is 1. The van der Waals surface area contributed by atoms with E-state index in [9.17, 15) is 14.7 Å². The number of rotatable bonds is 4. The van der Waals surface area contributed by atoms with Crippen LogP contribution in [0, 0.1) is 11.8 Å². The Bertz CT molecular complexity index is 342. The number of carbonyl (C=O) groups excluding carboxylic acids is 1. The summed E-state index contributed by atoms with van der Waals surface area (Å²) in [7, 11) is 0. The van der Waals surface area contributed by atoms with Crippen LogP contribution in [-0.4, -0.2) is 47.2 Å². The van der Waals surface area contributed by atoms with Gasteiger partial charge in [-0.3, -0.25) is 4.79 Å². The lowest BCUT2D eigenvalue weighted by molar-refractivity contribution is -0.152. The summed E-state index contributed by atoms with van der Waals surface area (Å²) in [5.74, 6) is -0.549. The van der Waals surface area contributed by atoms with Crippen LogP contribution in [0.2, 0.25) is 0 Å². The summed E-state index contributed by atoms with van der Waals surface area (Å²) < 4.78 is 5.28. The van der Waals surface area contributed by atoms with Crippen LogP contribution in [-0.2, 0) is 14.3 Å². The van der Waals surface area contributed by atoms with Gasteiger partial charge >= 0.3 is 5.97 Å². The van der Waals surface area contributed by atoms with E-state index in [1.54, 1.807) is 0 Å². The zero-order valence-corrected chi connectivity index (χ0v) is 11.0. The molecule has 3 unspecified atom stereocenters. The third-order valence-electron chi connectivity index (χ3n) is 4.00. The molecule has 0 aromatic carbocycles. The molecule has 5 heteroatoms. The Morgan fingerprint density at radius 1 is 1.39 bits per heavy atom. The molecule has 1 aliphatic heterocycles. The average Bonchev–Trinajstić information content (AvgIpc) is 2.83. The third kappa shape index (κ3) is 2.51. The largest absolute Gasteiger partial charge is 0.480 e. The molecule has 1 N–H and O–H groups in total. The van der Waals surface area contributed by atoms with Gasteiger partial charge in [0.25, 0.3) is 0 Å². The molecule has 1 aliphatic carbocycles. The highest BCUT2D eigenvalue weighted by Gasteiger charge is 2.49. The Morgan fingerprint density at radius 2 is 2.11 bits per heavy atom. The quantitative estimate of drug-likeness (QED) is 0.817. The zero-order chi connectivity index (χ0) is 13.3. The maximum absolute atomic E-state index is 12.0. The number of fused-ring (bicyclic) bond motifs is 1. The Hall–Kier alpha value is -1.10. The molecule has 1 amide bonds. The van der Waals surface area contributed by atoms with Crippen LogP contribution in [0.5, 0.6) is 0 Å². The summed E-state index contributed by atoms with van der Waals surface area (Å²) in [6.45, 7) is 4.30. The van der Waals surface area contributed by atoms with Crippen LogP contribution in [0.3, 0.4) is 0 Å². The third-order valence-corrected chi connectivity index (χ3v) is 4.00. The van der Waals surface area contributed by atoms with Gasteiger partial charge in [-0.05, 0) is 38.5 Å². The van der Waals surface area contributed by atoms with Gasteiger partial charge in [-0.1, -0.05) is 6.42 Å². The van der Waals surface area contributed by atoms with Gasteiger partial charge in [0, 0.05) is 6.54 Å². The van der Waals surface area contributed by atoms with Crippen LogP contribution >= 0.6 is 0 Å². The van der Waals surface area contributed by atoms with Crippen molar-refractivity contribution in [3.63, 3.8) is 0 Å². The number of hydrogen-bond donors (Lipinski definition) is 1. The SMILES string of the molecule is CC(C)OCC(=O)N1CC2CCCC2C1C(=O)O. The van der Waals surface area contributed by atoms with Crippen molar-refractivity contribution in [2.24, 2.45) is 11.8 Å². The predicted octanol–water partition coefficient (Wildman–Crippen LogP) is 1.12. The lowest BCUT2D eigenvalue weighted by atomic mass is 9.94. The molecule has 0 radical (unpaired) electrons. The fourth-order valence-corrected chi connectivity index (χ4v) is 3.20. The van der Waals surface area contributed by atoms with Gasteiger partial charge in [0.15, 0.2) is 0 Å². The molecule has 2 aliphatic rings. The summed E-state index contributed by atoms with van der Waals surface area (Å²) in [5.41, 5.74) is 0. The van der Waals surface area contributed by atoms with Gasteiger partial charge in [0.05, 0.1) is 6.10 Å². The summed E-state index contributed by atoms with van der Waals surface area (Å²) in [6.07, 6.45) is 3.04. The fourth-order valence-electron chi connectivity index (χ4n) is 3.20. The fraction of sp³-hybridized carbons (Fsp3) is 0.846. The second kappa shape index (κ2) is 5.26. The molecular formula is C13H21NO4. The van der Waals surface area contributed by atoms with Crippen LogP contribution < -0.4 is 0 Å². The van der Waals surface area contributed by atoms with E-state index in [-0.39, 0.29) is 24.5 Å². The lowest BCUT2D eigenvalue weighted by Crippen LogP contribution is -2.45. The van der Waals surface area contributed by atoms with E-state index in [0.717, 1.165) is 19.3 Å². The summed E-state index contributed by atoms with van der Waals surface area (Å²) in [6, 6.07) is -0.638. The molecule has 0 bridgehead atoms. The molecule has 1 heterocycles. The second-order valence-electron chi connectivity index (χ2n) is 5.54. The van der Waals surface area contributed by atoms with E-state index in [2.05, 4.69) is 0 Å². The highest BCUT2D eigenvalue weighted by Crippen LogP contribution is 2.42. The smallest absolute Gasteiger partial charge is 0.326 e. The minimum atomic E-state index is -0.873. The highest BCUT2D eigenvalue weighted by molar-refractivity contribution is 5.85. The molecule has 18 heavy (non-hydrogen) atoms. The van der Waals surface area contributed by atoms with Gasteiger partial charge in [0.1, 0.15) is 12.6 Å². The Kier molecular flexibility index (Phi) is 3.90. The first-order chi connectivity index (χ1) is 8.50. The van der Waals surface area contributed by atoms with E-state index >= 15 is 0 Å². The molecule has 2 rings (SSSR count). The van der Waals surface area contributed by atoms with Crippen LogP contribution in [0.15, 0.2) is 0 Å². The lowest BCUT2D eigenvalue weighted by Gasteiger charge is -2.24. The summed E-state index contributed by atoms with van der Waals surface area (Å²) >= 11 is 0. The molecule has 2 fully saturated rings. The van der Waals surface area contributed by atoms with Crippen molar-refractivity contribution in [3.05, 3.63) is 0 Å². The van der Waals surface area contributed by atoms with E-state index in [1.165, 1.54) is 4.90 Å². The summed E-state index contributed by atoms with van der Waals surface area (Å²) in [4.78, 5) is 24.9. The minimum Gasteiger partial charge on any atom is -0.480 e. The van der Waals surface area contributed by atoms with Crippen molar-refractivity contribution in [2.75, 3.05) is 13.2 Å². The first kappa shape index (κ1) is 13.3. The van der Waals surface area contributed by atoms with Crippen molar-refractivity contribution in [1.82, 2.24) is 4.90 Å². The van der Waals surface area contributed by atoms with Gasteiger partial charge in [-0.25, -0.2) is 4.79 Å². The van der Waals surface area contributed by atoms with Crippen molar-refractivity contribution < 1.29 is 19.4 Å². The molecule has 1 saturated heterocycles. The normalized spacial score (nSPS) is 30.8. The second-order valence-corrected chi connectivity index (χ2v) is 5.54. The van der Waals surface area contributed by atoms with Crippen LogP contribution in [0.4, 0.5) is 0 Å². The number of aliphatic carboxylic acids is 1. The van der Waals surface area contributed by atoms with Crippen LogP contribution in [0.1, 0.15) is 33.1 Å². The molecule has 0 aromatic rings. The Balaban J connectivity index is 2.03. The highest BCUT2D eigenvalue weighted by atomic mass is 16.5. The molecule has 5 nitrogen and oxygen atoms in total. The van der Waals surface area contributed by atoms with Gasteiger partial charge < -0.3 is 14.7 Å². The average molecular weight is 255 g/mol. The molecule has 1 saturated carbocycles. The van der Waals surface area contributed by atoms with Crippen molar-refractivity contribution in [2.45, 2.75) is 45.3 Å². The first-order valence-corrected chi connectivity index (χ1v) is 6.64. The topological polar surface area (TPSA) is 66.8 Å². The molecule has 102 valence electrons. The Morgan fingerprint density at radius 3 is 2.72 bits per heavy atom. The molecule has 3 atom stereocenters. The molecule has 0 aromatic heterocycles. The number of carbonyl (C=O) groups is 2. The van der Waals surface area contributed by atoms with Crippen LogP contribution in [0.25, 0.3) is 0 Å². The number of carboxylic acid groups (broad SMARTS) is 1. The number of carboxylic acids is 1. The van der Waals surface area contributed by atoms with E-state index in [0.29, 0.717) is 12.5 Å². The van der Waals surface area contributed by atoms with Crippen molar-refractivity contribution in [1.29, 1.82) is 0 Å². The summed E-state index contributed by atoms with van der Waals surface area (Å²) in [5, 5.41) is 9.32.